The van der Waals surface area contributed by atoms with E-state index in [4.69, 9.17) is 4.74 Å². The van der Waals surface area contributed by atoms with E-state index in [1.54, 1.807) is 0 Å². The first-order valence-corrected chi connectivity index (χ1v) is 16.0. The average molecular weight is 462 g/mol. The second-order valence-corrected chi connectivity index (χ2v) is 16.4. The zero-order valence-corrected chi connectivity index (χ0v) is 20.7. The summed E-state index contributed by atoms with van der Waals surface area (Å²) in [5.74, 6) is -0.142. The van der Waals surface area contributed by atoms with Crippen molar-refractivity contribution in [2.45, 2.75) is 64.1 Å². The van der Waals surface area contributed by atoms with E-state index >= 15 is 0 Å². The summed E-state index contributed by atoms with van der Waals surface area (Å²) in [4.78, 5) is 12.9. The maximum atomic E-state index is 12.9. The van der Waals surface area contributed by atoms with Gasteiger partial charge < -0.3 is 0 Å². The molecule has 0 aliphatic rings. The van der Waals surface area contributed by atoms with Crippen LogP contribution in [0.4, 0.5) is 0 Å². The van der Waals surface area contributed by atoms with Crippen LogP contribution in [0.2, 0.25) is 25.7 Å². The van der Waals surface area contributed by atoms with Gasteiger partial charge in [-0.3, -0.25) is 0 Å². The minimum atomic E-state index is -1.21. The van der Waals surface area contributed by atoms with Crippen molar-refractivity contribution in [1.82, 2.24) is 0 Å². The van der Waals surface area contributed by atoms with Crippen molar-refractivity contribution in [3.05, 3.63) is 64.7 Å². The van der Waals surface area contributed by atoms with Gasteiger partial charge in [0.05, 0.1) is 0 Å². The number of rotatable bonds is 10. The van der Waals surface area contributed by atoms with Crippen molar-refractivity contribution in [3.63, 3.8) is 0 Å². The van der Waals surface area contributed by atoms with Crippen LogP contribution in [-0.4, -0.2) is 35.6 Å². The van der Waals surface area contributed by atoms with Crippen molar-refractivity contribution in [2.24, 2.45) is 0 Å². The molecule has 0 aromatic heterocycles. The van der Waals surface area contributed by atoms with E-state index < -0.39 is 8.07 Å². The summed E-state index contributed by atoms with van der Waals surface area (Å²) in [6.07, 6.45) is 3.44. The van der Waals surface area contributed by atoms with Crippen LogP contribution in [0.1, 0.15) is 46.8 Å². The van der Waals surface area contributed by atoms with Gasteiger partial charge in [-0.15, -0.1) is 0 Å². The number of carbonyl (C=O) groups is 1. The van der Waals surface area contributed by atoms with E-state index in [-0.39, 0.29) is 5.97 Å². The molecule has 0 spiro atoms. The molecule has 152 valence electrons. The van der Waals surface area contributed by atoms with E-state index in [1.165, 1.54) is 22.9 Å². The van der Waals surface area contributed by atoms with Gasteiger partial charge in [-0.05, 0) is 0 Å². The molecule has 0 bridgehead atoms. The third kappa shape index (κ3) is 7.58. The number of benzene rings is 2. The second-order valence-electron chi connectivity index (χ2n) is 8.60. The summed E-state index contributed by atoms with van der Waals surface area (Å²) in [5.41, 5.74) is 4.36. The van der Waals surface area contributed by atoms with Gasteiger partial charge in [-0.25, -0.2) is 0 Å². The van der Waals surface area contributed by atoms with Gasteiger partial charge in [0.25, 0.3) is 0 Å². The maximum absolute atomic E-state index is 12.9. The summed E-state index contributed by atoms with van der Waals surface area (Å²) >= 11 is 0.310. The van der Waals surface area contributed by atoms with Crippen LogP contribution in [0, 0.1) is 6.92 Å². The number of ether oxygens (including phenoxy) is 1. The van der Waals surface area contributed by atoms with Crippen LogP contribution in [-0.2, 0) is 16.5 Å². The number of hydrogen-bond donors (Lipinski definition) is 0. The average Bonchev–Trinajstić information content (AvgIpc) is 2.64. The fourth-order valence-electron chi connectivity index (χ4n) is 3.07. The first-order valence-electron chi connectivity index (χ1n) is 10.3. The minimum absolute atomic E-state index is 0.142. The van der Waals surface area contributed by atoms with Crippen LogP contribution in [0.3, 0.4) is 0 Å². The summed E-state index contributed by atoms with van der Waals surface area (Å²) < 4.78 is 7.07. The van der Waals surface area contributed by atoms with E-state index in [1.807, 2.05) is 0 Å². The standard InChI is InChI=1S/C24H34O2SeSi/c1-6-7-11-20-16-19(2)23(24(25)26-14-15-28(3,4)5)21(17-20)18-27-22-12-9-8-10-13-22/h8-10,12-13,16-17H,6-7,11,14-15,18H2,1-5H3. The first kappa shape index (κ1) is 22.9. The van der Waals surface area contributed by atoms with Crippen LogP contribution >= 0.6 is 0 Å². The summed E-state index contributed by atoms with van der Waals surface area (Å²) in [7, 11) is -1.21. The third-order valence-corrected chi connectivity index (χ3v) is 8.65. The Labute approximate surface area is 178 Å². The molecule has 0 saturated heterocycles. The van der Waals surface area contributed by atoms with Gasteiger partial charge in [0.15, 0.2) is 0 Å². The summed E-state index contributed by atoms with van der Waals surface area (Å²) in [6, 6.07) is 16.0. The predicted octanol–water partition coefficient (Wildman–Crippen LogP) is 5.36. The Balaban J connectivity index is 2.21. The van der Waals surface area contributed by atoms with Gasteiger partial charge >= 0.3 is 178 Å². The summed E-state index contributed by atoms with van der Waals surface area (Å²) in [6.45, 7) is 11.7. The molecule has 0 atom stereocenters. The second kappa shape index (κ2) is 11.0. The molecule has 2 aromatic carbocycles. The van der Waals surface area contributed by atoms with Gasteiger partial charge in [0.2, 0.25) is 0 Å². The van der Waals surface area contributed by atoms with Crippen LogP contribution in [0.5, 0.6) is 0 Å². The van der Waals surface area contributed by atoms with Crippen LogP contribution in [0.15, 0.2) is 42.5 Å². The zero-order valence-electron chi connectivity index (χ0n) is 18.0. The van der Waals surface area contributed by atoms with E-state index in [0.29, 0.717) is 21.6 Å². The Bertz CT molecular complexity index is 766. The monoisotopic (exact) mass is 462 g/mol. The Morgan fingerprint density at radius 1 is 1.11 bits per heavy atom. The fourth-order valence-corrected chi connectivity index (χ4v) is 5.67. The molecule has 0 aliphatic heterocycles. The Hall–Kier alpha value is -1.35. The molecule has 0 fully saturated rings. The molecule has 0 saturated carbocycles. The molecule has 2 nitrogen and oxygen atoms in total. The van der Waals surface area contributed by atoms with Crippen LogP contribution < -0.4 is 4.46 Å². The number of aryl methyl sites for hydroxylation is 2. The number of esters is 1. The quantitative estimate of drug-likeness (QED) is 0.352. The number of hydrogen-bond acceptors (Lipinski definition) is 2. The molecule has 28 heavy (non-hydrogen) atoms. The normalized spacial score (nSPS) is 11.5. The van der Waals surface area contributed by atoms with Crippen molar-refractivity contribution in [3.8, 4) is 0 Å². The van der Waals surface area contributed by atoms with Gasteiger partial charge in [-0.2, -0.15) is 0 Å². The van der Waals surface area contributed by atoms with Gasteiger partial charge in [0, 0.05) is 0 Å². The molecule has 0 heterocycles. The molecule has 0 amide bonds. The number of carbonyl (C=O) groups excluding carboxylic acids is 1. The molecule has 0 aliphatic carbocycles. The third-order valence-electron chi connectivity index (χ3n) is 4.72. The Morgan fingerprint density at radius 2 is 1.82 bits per heavy atom. The van der Waals surface area contributed by atoms with Crippen LogP contribution in [0.25, 0.3) is 0 Å². The van der Waals surface area contributed by atoms with E-state index in [9.17, 15) is 4.79 Å². The topological polar surface area (TPSA) is 26.3 Å². The molecule has 0 unspecified atom stereocenters. The number of unbranched alkanes of at least 4 members (excludes halogenated alkanes) is 1. The molecule has 2 aromatic rings. The summed E-state index contributed by atoms with van der Waals surface area (Å²) in [5, 5.41) is 0.927. The van der Waals surface area contributed by atoms with E-state index in [0.717, 1.165) is 34.5 Å². The SMILES string of the molecule is CCCCc1cc(C)c(C(=O)OCC[Si](C)(C)C)c(C[Se]c2ccccc2)c1. The zero-order chi connectivity index (χ0) is 20.6. The molecule has 4 heteroatoms. The Morgan fingerprint density at radius 3 is 2.46 bits per heavy atom. The first-order chi connectivity index (χ1) is 13.3. The predicted molar refractivity (Wildman–Crippen MR) is 124 cm³/mol. The van der Waals surface area contributed by atoms with Gasteiger partial charge in [-0.1, -0.05) is 0 Å². The van der Waals surface area contributed by atoms with Crippen molar-refractivity contribution in [2.75, 3.05) is 6.61 Å². The molecular weight excluding hydrogens is 427 g/mol. The van der Waals surface area contributed by atoms with E-state index in [2.05, 4.69) is 76.0 Å². The molecule has 0 radical (unpaired) electrons. The van der Waals surface area contributed by atoms with Gasteiger partial charge in [0.1, 0.15) is 0 Å². The van der Waals surface area contributed by atoms with Crippen molar-refractivity contribution in [1.29, 1.82) is 0 Å². The molecular formula is C24H34O2SeSi. The fraction of sp³-hybridized carbons (Fsp3) is 0.458. The molecule has 2 rings (SSSR count). The van der Waals surface area contributed by atoms with Crippen molar-refractivity contribution >= 4 is 33.5 Å². The van der Waals surface area contributed by atoms with Crippen molar-refractivity contribution < 1.29 is 9.53 Å². The molecule has 0 N–H and O–H groups in total. The Kier molecular flexibility index (Phi) is 9.00.